The minimum absolute atomic E-state index is 0.00842. The van der Waals surface area contributed by atoms with Gasteiger partial charge in [-0.1, -0.05) is 73.2 Å². The number of aromatic nitrogens is 2. The number of carbonyl (C=O) groups is 7. The molecule has 3 aliphatic heterocycles. The fourth-order valence-electron chi connectivity index (χ4n) is 11.2. The summed E-state index contributed by atoms with van der Waals surface area (Å²) < 4.78 is 11.9. The highest BCUT2D eigenvalue weighted by Crippen LogP contribution is 2.30. The average molecular weight is 1080 g/mol. The number of H-pyrrole nitrogens is 1. The number of ketones is 1. The van der Waals surface area contributed by atoms with E-state index in [1.54, 1.807) is 24.5 Å². The minimum atomic E-state index is -1.33. The maximum Gasteiger partial charge on any atom is 0.407 e. The van der Waals surface area contributed by atoms with Gasteiger partial charge in [-0.2, -0.15) is 0 Å². The number of benzene rings is 3. The van der Waals surface area contributed by atoms with E-state index in [-0.39, 0.29) is 64.1 Å². The number of carbonyl (C=O) groups excluding carboxylic acids is 7. The molecule has 3 aromatic carbocycles. The van der Waals surface area contributed by atoms with Gasteiger partial charge in [0.05, 0.1) is 19.2 Å². The lowest BCUT2D eigenvalue weighted by Crippen LogP contribution is -2.60. The molecule has 7 atom stereocenters. The van der Waals surface area contributed by atoms with E-state index in [2.05, 4.69) is 41.9 Å². The van der Waals surface area contributed by atoms with Gasteiger partial charge in [-0.05, 0) is 116 Å². The van der Waals surface area contributed by atoms with Gasteiger partial charge in [-0.15, -0.1) is 0 Å². The molecule has 6 amide bonds. The molecule has 0 unspecified atom stereocenters. The molecule has 3 saturated heterocycles. The normalized spacial score (nSPS) is 24.0. The molecule has 9 N–H and O–H groups in total. The van der Waals surface area contributed by atoms with Crippen LogP contribution in [-0.4, -0.2) is 132 Å². The summed E-state index contributed by atoms with van der Waals surface area (Å²) >= 11 is 0. The lowest BCUT2D eigenvalue weighted by Gasteiger charge is -2.32. The van der Waals surface area contributed by atoms with Crippen LogP contribution in [0.25, 0.3) is 10.9 Å². The number of hydrogen-bond donors (Lipinski definition) is 8. The Labute approximate surface area is 460 Å². The van der Waals surface area contributed by atoms with Crippen LogP contribution < -0.4 is 42.4 Å². The molecule has 0 radical (unpaired) electrons. The maximum atomic E-state index is 15.4. The Morgan fingerprint density at radius 3 is 2.16 bits per heavy atom. The topological polar surface area (TPSA) is 268 Å². The first-order chi connectivity index (χ1) is 38.5. The Morgan fingerprint density at radius 2 is 1.42 bits per heavy atom. The number of ether oxygens (including phenoxy) is 2. The van der Waals surface area contributed by atoms with Crippen molar-refractivity contribution in [2.75, 3.05) is 39.3 Å². The quantitative estimate of drug-likeness (QED) is 0.0658. The number of nitrogens with zero attached hydrogens (tertiary/aromatic N) is 2. The summed E-state index contributed by atoms with van der Waals surface area (Å²) in [6.07, 6.45) is 8.60. The van der Waals surface area contributed by atoms with Crippen molar-refractivity contribution >= 4 is 52.3 Å². The van der Waals surface area contributed by atoms with Gasteiger partial charge in [0.2, 0.25) is 29.5 Å². The second kappa shape index (κ2) is 27.3. The number of hydrogen-bond acceptors (Lipinski definition) is 12. The predicted molar refractivity (Wildman–Crippen MR) is 296 cm³/mol. The first kappa shape index (κ1) is 56.1. The van der Waals surface area contributed by atoms with Gasteiger partial charge in [0.25, 0.3) is 0 Å². The summed E-state index contributed by atoms with van der Waals surface area (Å²) in [7, 11) is 0. The van der Waals surface area contributed by atoms with Crippen molar-refractivity contribution in [3.63, 3.8) is 0 Å². The summed E-state index contributed by atoms with van der Waals surface area (Å²) in [5.74, 6) is -3.21. The van der Waals surface area contributed by atoms with Crippen molar-refractivity contribution < 1.29 is 43.0 Å². The Morgan fingerprint density at radius 1 is 0.709 bits per heavy atom. The third-order valence-corrected chi connectivity index (χ3v) is 15.9. The van der Waals surface area contributed by atoms with Gasteiger partial charge in [0.1, 0.15) is 36.0 Å². The highest BCUT2D eigenvalue weighted by atomic mass is 16.6. The highest BCUT2D eigenvalue weighted by molar-refractivity contribution is 5.99. The van der Waals surface area contributed by atoms with Crippen molar-refractivity contribution in [1.29, 1.82) is 0 Å². The SMILES string of the molecule is NCCNC(=O)O[C@@H]1C[C@H]2C(=O)N[C@@H](CCc3ccccc3)C(=O)N[C@H](Cc3c[nH]c4ccccc34)C(=O)C[C@@H](CC3CCNCC3)C(=O)N[C@@H](Cc3ccc(OCC4CCC4)cc3)C(=O)N[C@@H](Cc3cccnc3)C(=O)N2C1. The Bertz CT molecular complexity index is 2880. The standard InChI is InChI=1S/C60H74N10O9/c61-23-27-64-60(77)79-46-33-53-58(75)66-49(20-17-38-8-2-1-3-9-38)56(73)67-50(31-44-35-65-48-14-5-4-13-47(44)48)54(71)32-43(28-40-21-25-62-26-22-40)55(72)68-51(29-39-15-18-45(19-16-39)78-37-41-10-6-11-41)57(74)69-52(59(76)70(53)36-46)30-42-12-7-24-63-34-42/h1-5,7-9,12-16,18-19,24,34-35,40-41,43,46,49-53,62,65H,6,10-11,17,20-23,25-33,36-37,61H2,(H,64,77)(H,66,75)(H,67,73)(H,68,72)(H,69,74)/t43-,46-,49+,50-,51+,52+,53+/m1/s1. The number of piperidine rings is 1. The zero-order valence-corrected chi connectivity index (χ0v) is 44.7. The number of para-hydroxylation sites is 1. The maximum absolute atomic E-state index is 15.4. The second-order valence-electron chi connectivity index (χ2n) is 21.6. The lowest BCUT2D eigenvalue weighted by atomic mass is 9.83. The van der Waals surface area contributed by atoms with Crippen molar-refractivity contribution in [2.24, 2.45) is 23.5 Å². The van der Waals surface area contributed by atoms with Crippen LogP contribution in [0.3, 0.4) is 0 Å². The van der Waals surface area contributed by atoms with E-state index in [1.165, 1.54) is 11.3 Å². The van der Waals surface area contributed by atoms with Crippen LogP contribution in [-0.2, 0) is 59.2 Å². The van der Waals surface area contributed by atoms with Crippen LogP contribution in [0.4, 0.5) is 4.79 Å². The first-order valence-corrected chi connectivity index (χ1v) is 28.1. The molecule has 79 heavy (non-hydrogen) atoms. The molecule has 9 rings (SSSR count). The number of alkyl carbamates (subject to hydrolysis) is 1. The smallest absolute Gasteiger partial charge is 0.407 e. The number of nitrogens with two attached hydrogens (primary N) is 1. The van der Waals surface area contributed by atoms with Gasteiger partial charge in [0.15, 0.2) is 5.78 Å². The molecule has 5 aromatic rings. The van der Waals surface area contributed by atoms with E-state index in [9.17, 15) is 4.79 Å². The van der Waals surface area contributed by atoms with Gasteiger partial charge in [-0.3, -0.25) is 33.8 Å². The summed E-state index contributed by atoms with van der Waals surface area (Å²) in [5, 5.41) is 18.9. The molecule has 0 spiro atoms. The Hall–Kier alpha value is -7.64. The number of pyridine rings is 1. The molecule has 1 aliphatic carbocycles. The summed E-state index contributed by atoms with van der Waals surface area (Å²) in [6.45, 7) is 2.13. The third kappa shape index (κ3) is 15.3. The fraction of sp³-hybridized carbons (Fsp3) is 0.467. The predicted octanol–water partition coefficient (Wildman–Crippen LogP) is 3.97. The molecule has 5 heterocycles. The highest BCUT2D eigenvalue weighted by Gasteiger charge is 2.45. The van der Waals surface area contributed by atoms with Crippen molar-refractivity contribution in [1.82, 2.24) is 46.8 Å². The molecule has 19 nitrogen and oxygen atoms in total. The summed E-state index contributed by atoms with van der Waals surface area (Å²) in [6, 6.07) is 21.7. The van der Waals surface area contributed by atoms with Gasteiger partial charge in [0, 0.05) is 80.6 Å². The van der Waals surface area contributed by atoms with Gasteiger partial charge < -0.3 is 57.0 Å². The largest absolute Gasteiger partial charge is 0.493 e. The monoisotopic (exact) mass is 1080 g/mol. The molecular formula is C60H74N10O9. The number of Topliss-reactive ketones (excluding diaryl/α,β-unsaturated/α-hetero) is 1. The van der Waals surface area contributed by atoms with Crippen LogP contribution in [0.1, 0.15) is 80.0 Å². The molecular weight excluding hydrogens is 1000 g/mol. The third-order valence-electron chi connectivity index (χ3n) is 15.9. The summed E-state index contributed by atoms with van der Waals surface area (Å²) in [4.78, 5) is 113. The van der Waals surface area contributed by atoms with Crippen LogP contribution >= 0.6 is 0 Å². The van der Waals surface area contributed by atoms with Crippen LogP contribution in [0.15, 0.2) is 110 Å². The number of amides is 6. The fourth-order valence-corrected chi connectivity index (χ4v) is 11.2. The number of rotatable bonds is 17. The molecule has 2 aromatic heterocycles. The first-order valence-electron chi connectivity index (χ1n) is 28.1. The zero-order valence-electron chi connectivity index (χ0n) is 44.7. The van der Waals surface area contributed by atoms with Crippen molar-refractivity contribution in [3.8, 4) is 5.75 Å². The second-order valence-corrected chi connectivity index (χ2v) is 21.6. The van der Waals surface area contributed by atoms with Gasteiger partial charge >= 0.3 is 6.09 Å². The average Bonchev–Trinajstić information content (AvgIpc) is 4.16. The van der Waals surface area contributed by atoms with E-state index in [4.69, 9.17) is 15.2 Å². The minimum Gasteiger partial charge on any atom is -0.493 e. The number of nitrogens with one attached hydrogen (secondary N) is 7. The van der Waals surface area contributed by atoms with E-state index in [1.807, 2.05) is 85.1 Å². The summed E-state index contributed by atoms with van der Waals surface area (Å²) in [5.41, 5.74) is 9.45. The number of aryl methyl sites for hydroxylation is 1. The van der Waals surface area contributed by atoms with E-state index in [0.717, 1.165) is 60.8 Å². The van der Waals surface area contributed by atoms with Crippen LogP contribution in [0.2, 0.25) is 0 Å². The van der Waals surface area contributed by atoms with E-state index in [0.29, 0.717) is 42.2 Å². The molecule has 1 saturated carbocycles. The Kier molecular flexibility index (Phi) is 19.4. The van der Waals surface area contributed by atoms with Crippen molar-refractivity contribution in [2.45, 2.75) is 120 Å². The number of fused-ring (bicyclic) bond motifs is 2. The van der Waals surface area contributed by atoms with Crippen LogP contribution in [0, 0.1) is 17.8 Å². The molecule has 418 valence electrons. The molecule has 4 aliphatic rings. The molecule has 0 bridgehead atoms. The lowest BCUT2D eigenvalue weighted by molar-refractivity contribution is -0.143. The van der Waals surface area contributed by atoms with E-state index >= 15 is 28.8 Å². The molecule has 4 fully saturated rings. The zero-order chi connectivity index (χ0) is 55.1. The van der Waals surface area contributed by atoms with Gasteiger partial charge in [-0.25, -0.2) is 4.79 Å². The van der Waals surface area contributed by atoms with Crippen LogP contribution in [0.5, 0.6) is 5.75 Å². The molecule has 19 heteroatoms. The van der Waals surface area contributed by atoms with E-state index < -0.39 is 83.6 Å². The number of aromatic amines is 1. The Balaban J connectivity index is 1.10. The van der Waals surface area contributed by atoms with Crippen molar-refractivity contribution in [3.05, 3.63) is 132 Å².